The van der Waals surface area contributed by atoms with Crippen LogP contribution in [-0.2, 0) is 4.74 Å². The molecule has 0 aliphatic carbocycles. The molecular weight excluding hydrogens is 318 g/mol. The molecule has 1 heterocycles. The summed E-state index contributed by atoms with van der Waals surface area (Å²) in [4.78, 5) is 20.7. The van der Waals surface area contributed by atoms with E-state index in [-0.39, 0.29) is 12.6 Å². The summed E-state index contributed by atoms with van der Waals surface area (Å²) in [5.41, 5.74) is 7.80. The van der Waals surface area contributed by atoms with Crippen molar-refractivity contribution >= 4 is 11.9 Å². The molecule has 2 N–H and O–H groups in total. The first-order chi connectivity index (χ1) is 11.9. The van der Waals surface area contributed by atoms with Crippen LogP contribution in [0.15, 0.2) is 24.3 Å². The van der Waals surface area contributed by atoms with Crippen LogP contribution in [0.4, 0.5) is 5.95 Å². The summed E-state index contributed by atoms with van der Waals surface area (Å²) in [6.07, 6.45) is 0.970. The molecule has 1 aromatic carbocycles. The zero-order chi connectivity index (χ0) is 18.4. The molecule has 0 spiro atoms. The molecule has 0 atom stereocenters. The minimum atomic E-state index is -0.457. The van der Waals surface area contributed by atoms with Gasteiger partial charge in [-0.1, -0.05) is 26.0 Å². The van der Waals surface area contributed by atoms with Crippen molar-refractivity contribution in [3.63, 3.8) is 0 Å². The number of hydrogen-bond donors (Lipinski definition) is 1. The molecule has 1 aromatic heterocycles. The second-order valence-corrected chi connectivity index (χ2v) is 6.17. The van der Waals surface area contributed by atoms with Gasteiger partial charge in [0.05, 0.1) is 24.6 Å². The number of nitrogens with two attached hydrogens (primary N) is 1. The van der Waals surface area contributed by atoms with E-state index in [0.717, 1.165) is 17.7 Å². The lowest BCUT2D eigenvalue weighted by molar-refractivity contribution is 0.0525. The van der Waals surface area contributed by atoms with Gasteiger partial charge >= 0.3 is 5.97 Å². The monoisotopic (exact) mass is 343 g/mol. The fourth-order valence-corrected chi connectivity index (χ4v) is 2.40. The Morgan fingerprint density at radius 1 is 1.28 bits per heavy atom. The maximum atomic E-state index is 12.3. The first kappa shape index (κ1) is 18.7. The van der Waals surface area contributed by atoms with Crippen molar-refractivity contribution in [3.05, 3.63) is 35.5 Å². The standard InChI is InChI=1S/C19H25N3O3/c1-5-24-18(23)16-13(4)21-19(20)22-17(16)14-7-6-8-15(11-14)25-10-9-12(2)3/h6-8,11-12H,5,9-10H2,1-4H3,(H2,20,21,22). The van der Waals surface area contributed by atoms with E-state index < -0.39 is 5.97 Å². The zero-order valence-corrected chi connectivity index (χ0v) is 15.2. The highest BCUT2D eigenvalue weighted by atomic mass is 16.5. The smallest absolute Gasteiger partial charge is 0.342 e. The van der Waals surface area contributed by atoms with Gasteiger partial charge in [0.25, 0.3) is 0 Å². The number of aromatic nitrogens is 2. The average Bonchev–Trinajstić information content (AvgIpc) is 2.54. The van der Waals surface area contributed by atoms with Gasteiger partial charge in [0.1, 0.15) is 11.3 Å². The molecule has 0 aliphatic rings. The maximum Gasteiger partial charge on any atom is 0.342 e. The predicted octanol–water partition coefficient (Wildman–Crippen LogP) is 3.64. The SMILES string of the molecule is CCOC(=O)c1c(C)nc(N)nc1-c1cccc(OCCC(C)C)c1. The summed E-state index contributed by atoms with van der Waals surface area (Å²) in [7, 11) is 0. The molecule has 6 heteroatoms. The third kappa shape index (κ3) is 4.92. The van der Waals surface area contributed by atoms with Crippen LogP contribution in [0.2, 0.25) is 0 Å². The summed E-state index contributed by atoms with van der Waals surface area (Å²) in [6.45, 7) is 8.69. The molecule has 0 amide bonds. The van der Waals surface area contributed by atoms with Gasteiger partial charge in [-0.15, -0.1) is 0 Å². The third-order valence-corrected chi connectivity index (χ3v) is 3.66. The number of anilines is 1. The largest absolute Gasteiger partial charge is 0.494 e. The van der Waals surface area contributed by atoms with Crippen molar-refractivity contribution in [2.75, 3.05) is 18.9 Å². The molecule has 6 nitrogen and oxygen atoms in total. The predicted molar refractivity (Wildman–Crippen MR) is 97.5 cm³/mol. The van der Waals surface area contributed by atoms with E-state index in [1.807, 2.05) is 24.3 Å². The van der Waals surface area contributed by atoms with Crippen LogP contribution in [0.3, 0.4) is 0 Å². The molecule has 2 rings (SSSR count). The van der Waals surface area contributed by atoms with E-state index in [2.05, 4.69) is 23.8 Å². The molecule has 0 fully saturated rings. The number of esters is 1. The van der Waals surface area contributed by atoms with Gasteiger partial charge in [-0.25, -0.2) is 14.8 Å². The molecule has 0 radical (unpaired) electrons. The number of carbonyl (C=O) groups excluding carboxylic acids is 1. The summed E-state index contributed by atoms with van der Waals surface area (Å²) in [5.74, 6) is 0.957. The minimum absolute atomic E-state index is 0.117. The summed E-state index contributed by atoms with van der Waals surface area (Å²) < 4.78 is 10.9. The highest BCUT2D eigenvalue weighted by Crippen LogP contribution is 2.28. The van der Waals surface area contributed by atoms with Crippen LogP contribution in [-0.4, -0.2) is 29.2 Å². The molecular formula is C19H25N3O3. The quantitative estimate of drug-likeness (QED) is 0.772. The normalized spacial score (nSPS) is 10.8. The number of ether oxygens (including phenoxy) is 2. The number of carbonyl (C=O) groups is 1. The molecule has 134 valence electrons. The van der Waals surface area contributed by atoms with Gasteiger partial charge in [0.2, 0.25) is 5.95 Å². The van der Waals surface area contributed by atoms with Crippen molar-refractivity contribution in [2.24, 2.45) is 5.92 Å². The maximum absolute atomic E-state index is 12.3. The fourth-order valence-electron chi connectivity index (χ4n) is 2.40. The highest BCUT2D eigenvalue weighted by Gasteiger charge is 2.20. The number of hydrogen-bond acceptors (Lipinski definition) is 6. The third-order valence-electron chi connectivity index (χ3n) is 3.66. The van der Waals surface area contributed by atoms with Crippen LogP contribution in [0.1, 0.15) is 43.2 Å². The number of nitrogens with zero attached hydrogens (tertiary/aromatic N) is 2. The van der Waals surface area contributed by atoms with E-state index in [4.69, 9.17) is 15.2 Å². The van der Waals surface area contributed by atoms with Crippen LogP contribution in [0, 0.1) is 12.8 Å². The number of aryl methyl sites for hydroxylation is 1. The Kier molecular flexibility index (Phi) is 6.33. The first-order valence-corrected chi connectivity index (χ1v) is 8.46. The topological polar surface area (TPSA) is 87.3 Å². The molecule has 0 saturated heterocycles. The van der Waals surface area contributed by atoms with E-state index in [1.54, 1.807) is 13.8 Å². The molecule has 25 heavy (non-hydrogen) atoms. The Balaban J connectivity index is 2.39. The minimum Gasteiger partial charge on any atom is -0.494 e. The van der Waals surface area contributed by atoms with E-state index >= 15 is 0 Å². The molecule has 0 saturated carbocycles. The number of benzene rings is 1. The van der Waals surface area contributed by atoms with E-state index in [1.165, 1.54) is 0 Å². The van der Waals surface area contributed by atoms with Crippen LogP contribution >= 0.6 is 0 Å². The first-order valence-electron chi connectivity index (χ1n) is 8.46. The van der Waals surface area contributed by atoms with Gasteiger partial charge in [0, 0.05) is 5.56 Å². The van der Waals surface area contributed by atoms with Gasteiger partial charge in [-0.3, -0.25) is 0 Å². The Hall–Kier alpha value is -2.63. The zero-order valence-electron chi connectivity index (χ0n) is 15.2. The lowest BCUT2D eigenvalue weighted by Gasteiger charge is -2.13. The lowest BCUT2D eigenvalue weighted by atomic mass is 10.0. The van der Waals surface area contributed by atoms with E-state index in [0.29, 0.717) is 29.5 Å². The fraction of sp³-hybridized carbons (Fsp3) is 0.421. The highest BCUT2D eigenvalue weighted by molar-refractivity contribution is 5.97. The summed E-state index contributed by atoms with van der Waals surface area (Å²) >= 11 is 0. The Morgan fingerprint density at radius 2 is 2.04 bits per heavy atom. The van der Waals surface area contributed by atoms with Crippen molar-refractivity contribution in [3.8, 4) is 17.0 Å². The molecule has 0 bridgehead atoms. The average molecular weight is 343 g/mol. The van der Waals surface area contributed by atoms with Gasteiger partial charge in [-0.2, -0.15) is 0 Å². The number of nitrogen functional groups attached to an aromatic ring is 1. The van der Waals surface area contributed by atoms with Crippen molar-refractivity contribution < 1.29 is 14.3 Å². The van der Waals surface area contributed by atoms with Gasteiger partial charge in [0.15, 0.2) is 0 Å². The molecule has 0 aliphatic heterocycles. The van der Waals surface area contributed by atoms with Crippen LogP contribution < -0.4 is 10.5 Å². The second-order valence-electron chi connectivity index (χ2n) is 6.17. The molecule has 2 aromatic rings. The van der Waals surface area contributed by atoms with Crippen molar-refractivity contribution in [2.45, 2.75) is 34.1 Å². The van der Waals surface area contributed by atoms with Crippen molar-refractivity contribution in [1.29, 1.82) is 0 Å². The van der Waals surface area contributed by atoms with Crippen molar-refractivity contribution in [1.82, 2.24) is 9.97 Å². The van der Waals surface area contributed by atoms with Crippen LogP contribution in [0.25, 0.3) is 11.3 Å². The van der Waals surface area contributed by atoms with Gasteiger partial charge < -0.3 is 15.2 Å². The Bertz CT molecular complexity index is 745. The Morgan fingerprint density at radius 3 is 2.72 bits per heavy atom. The summed E-state index contributed by atoms with van der Waals surface area (Å²) in [5, 5.41) is 0. The van der Waals surface area contributed by atoms with E-state index in [9.17, 15) is 4.79 Å². The lowest BCUT2D eigenvalue weighted by Crippen LogP contribution is -2.13. The summed E-state index contributed by atoms with van der Waals surface area (Å²) in [6, 6.07) is 7.46. The van der Waals surface area contributed by atoms with Gasteiger partial charge in [-0.05, 0) is 38.3 Å². The number of rotatable bonds is 7. The molecule has 0 unspecified atom stereocenters. The second kappa shape index (κ2) is 8.46. The van der Waals surface area contributed by atoms with Crippen LogP contribution in [0.5, 0.6) is 5.75 Å². The Labute approximate surface area is 148 Å².